The van der Waals surface area contributed by atoms with Crippen LogP contribution in [-0.4, -0.2) is 59.8 Å². The van der Waals surface area contributed by atoms with Gasteiger partial charge in [-0.1, -0.05) is 12.1 Å². The van der Waals surface area contributed by atoms with Gasteiger partial charge in [0.15, 0.2) is 0 Å². The predicted octanol–water partition coefficient (Wildman–Crippen LogP) is 1.26. The van der Waals surface area contributed by atoms with E-state index in [2.05, 4.69) is 11.9 Å². The summed E-state index contributed by atoms with van der Waals surface area (Å²) in [4.78, 5) is 16.9. The molecule has 0 radical (unpaired) electrons. The number of nitrogens with zero attached hydrogens (tertiary/aromatic N) is 2. The summed E-state index contributed by atoms with van der Waals surface area (Å²) in [7, 11) is 2.07. The monoisotopic (exact) mass is 266 g/mol. The summed E-state index contributed by atoms with van der Waals surface area (Å²) in [5, 5.41) is 9.62. The van der Waals surface area contributed by atoms with Gasteiger partial charge in [-0.3, -0.25) is 4.79 Å². The zero-order chi connectivity index (χ0) is 13.0. The van der Waals surface area contributed by atoms with Gasteiger partial charge < -0.3 is 14.9 Å². The topological polar surface area (TPSA) is 43.8 Å². The molecule has 4 nitrogen and oxygen atoms in total. The van der Waals surface area contributed by atoms with Crippen LogP contribution < -0.4 is 0 Å². The Labute approximate surface area is 112 Å². The largest absolute Gasteiger partial charge is 0.507 e. The van der Waals surface area contributed by atoms with E-state index in [4.69, 9.17) is 0 Å². The first-order chi connectivity index (χ1) is 8.66. The van der Waals surface area contributed by atoms with Crippen LogP contribution in [0.25, 0.3) is 0 Å². The van der Waals surface area contributed by atoms with E-state index in [0.717, 1.165) is 31.1 Å². The molecule has 1 aliphatic heterocycles. The lowest BCUT2D eigenvalue weighted by atomic mass is 10.3. The molecule has 0 aliphatic carbocycles. The molecule has 98 valence electrons. The number of phenols is 1. The Kier molecular flexibility index (Phi) is 4.49. The van der Waals surface area contributed by atoms with Crippen molar-refractivity contribution < 1.29 is 9.90 Å². The summed E-state index contributed by atoms with van der Waals surface area (Å²) in [6.07, 6.45) is 0. The average Bonchev–Trinajstić information content (AvgIpc) is 2.38. The molecule has 1 amide bonds. The first-order valence-corrected chi connectivity index (χ1v) is 7.02. The quantitative estimate of drug-likeness (QED) is 0.837. The second-order valence-electron chi connectivity index (χ2n) is 4.44. The number of likely N-dealkylation sites (N-methyl/N-ethyl adjacent to an activating group) is 1. The Morgan fingerprint density at radius 1 is 1.28 bits per heavy atom. The van der Waals surface area contributed by atoms with Gasteiger partial charge in [0.1, 0.15) is 5.75 Å². The fourth-order valence-corrected chi connectivity index (χ4v) is 2.72. The number of carbonyl (C=O) groups excluding carboxylic acids is 1. The number of hydrogen-bond acceptors (Lipinski definition) is 4. The number of piperazine rings is 1. The normalized spacial score (nSPS) is 16.8. The summed E-state index contributed by atoms with van der Waals surface area (Å²) in [5.41, 5.74) is 0. The van der Waals surface area contributed by atoms with Crippen molar-refractivity contribution >= 4 is 17.7 Å². The first kappa shape index (κ1) is 13.2. The molecule has 1 heterocycles. The maximum Gasteiger partial charge on any atom is 0.233 e. The Morgan fingerprint density at radius 3 is 2.61 bits per heavy atom. The molecule has 5 heteroatoms. The van der Waals surface area contributed by atoms with Crippen LogP contribution >= 0.6 is 11.8 Å². The van der Waals surface area contributed by atoms with Crippen LogP contribution in [0.3, 0.4) is 0 Å². The number of benzene rings is 1. The highest BCUT2D eigenvalue weighted by Crippen LogP contribution is 2.27. The SMILES string of the molecule is CN1CCN(C(=O)CSc2ccccc2O)CC1. The maximum absolute atomic E-state index is 12.0. The number of rotatable bonds is 3. The zero-order valence-corrected chi connectivity index (χ0v) is 11.3. The van der Waals surface area contributed by atoms with E-state index >= 15 is 0 Å². The molecule has 1 aromatic rings. The number of thioether (sulfide) groups is 1. The molecular formula is C13H18N2O2S. The third-order valence-electron chi connectivity index (χ3n) is 3.07. The average molecular weight is 266 g/mol. The fraction of sp³-hybridized carbons (Fsp3) is 0.462. The van der Waals surface area contributed by atoms with Crippen molar-refractivity contribution in [3.8, 4) is 5.75 Å². The molecule has 0 atom stereocenters. The van der Waals surface area contributed by atoms with Crippen molar-refractivity contribution in [2.75, 3.05) is 39.0 Å². The highest BCUT2D eigenvalue weighted by Gasteiger charge is 2.19. The summed E-state index contributed by atoms with van der Waals surface area (Å²) in [6, 6.07) is 7.12. The number of carbonyl (C=O) groups is 1. The van der Waals surface area contributed by atoms with Crippen LogP contribution in [0.2, 0.25) is 0 Å². The maximum atomic E-state index is 12.0. The Hall–Kier alpha value is -1.20. The van der Waals surface area contributed by atoms with Gasteiger partial charge in [0.2, 0.25) is 5.91 Å². The van der Waals surface area contributed by atoms with E-state index in [1.165, 1.54) is 11.8 Å². The van der Waals surface area contributed by atoms with E-state index in [9.17, 15) is 9.90 Å². The van der Waals surface area contributed by atoms with Gasteiger partial charge in [-0.05, 0) is 19.2 Å². The Balaban J connectivity index is 1.83. The van der Waals surface area contributed by atoms with Gasteiger partial charge >= 0.3 is 0 Å². The minimum Gasteiger partial charge on any atom is -0.507 e. The van der Waals surface area contributed by atoms with E-state index in [-0.39, 0.29) is 11.7 Å². The third-order valence-corrected chi connectivity index (χ3v) is 4.12. The van der Waals surface area contributed by atoms with Crippen LogP contribution in [0.15, 0.2) is 29.2 Å². The zero-order valence-electron chi connectivity index (χ0n) is 10.5. The number of hydrogen-bond donors (Lipinski definition) is 1. The molecule has 18 heavy (non-hydrogen) atoms. The Bertz CT molecular complexity index is 417. The van der Waals surface area contributed by atoms with Crippen molar-refractivity contribution in [2.24, 2.45) is 0 Å². The molecule has 1 aromatic carbocycles. The number of amides is 1. The molecule has 0 unspecified atom stereocenters. The molecule has 1 aliphatic rings. The summed E-state index contributed by atoms with van der Waals surface area (Å²) < 4.78 is 0. The molecule has 1 saturated heterocycles. The van der Waals surface area contributed by atoms with Crippen molar-refractivity contribution in [2.45, 2.75) is 4.90 Å². The van der Waals surface area contributed by atoms with Crippen LogP contribution in [0, 0.1) is 0 Å². The van der Waals surface area contributed by atoms with Crippen molar-refractivity contribution in [3.63, 3.8) is 0 Å². The van der Waals surface area contributed by atoms with E-state index < -0.39 is 0 Å². The lowest BCUT2D eigenvalue weighted by molar-refractivity contribution is -0.129. The van der Waals surface area contributed by atoms with Crippen LogP contribution in [0.5, 0.6) is 5.75 Å². The standard InChI is InChI=1S/C13H18N2O2S/c1-14-6-8-15(9-7-14)13(17)10-18-12-5-3-2-4-11(12)16/h2-5,16H,6-10H2,1H3. The van der Waals surface area contributed by atoms with E-state index in [0.29, 0.717) is 5.75 Å². The molecule has 0 spiro atoms. The summed E-state index contributed by atoms with van der Waals surface area (Å²) >= 11 is 1.39. The van der Waals surface area contributed by atoms with Gasteiger partial charge in [0.05, 0.1) is 5.75 Å². The minimum atomic E-state index is 0.149. The van der Waals surface area contributed by atoms with Gasteiger partial charge in [-0.15, -0.1) is 11.8 Å². The second-order valence-corrected chi connectivity index (χ2v) is 5.46. The molecule has 1 fully saturated rings. The van der Waals surface area contributed by atoms with Gasteiger partial charge in [0, 0.05) is 31.1 Å². The van der Waals surface area contributed by atoms with Gasteiger partial charge in [0.25, 0.3) is 0 Å². The first-order valence-electron chi connectivity index (χ1n) is 6.04. The summed E-state index contributed by atoms with van der Waals surface area (Å²) in [6.45, 7) is 3.48. The number of aromatic hydroxyl groups is 1. The molecule has 2 rings (SSSR count). The van der Waals surface area contributed by atoms with Crippen LogP contribution in [0.4, 0.5) is 0 Å². The number of phenolic OH excluding ortho intramolecular Hbond substituents is 1. The van der Waals surface area contributed by atoms with Gasteiger partial charge in [-0.25, -0.2) is 0 Å². The van der Waals surface area contributed by atoms with Crippen molar-refractivity contribution in [3.05, 3.63) is 24.3 Å². The highest BCUT2D eigenvalue weighted by atomic mass is 32.2. The van der Waals surface area contributed by atoms with Crippen LogP contribution in [0.1, 0.15) is 0 Å². The van der Waals surface area contributed by atoms with E-state index in [1.807, 2.05) is 17.0 Å². The summed E-state index contributed by atoms with van der Waals surface area (Å²) in [5.74, 6) is 0.784. The lowest BCUT2D eigenvalue weighted by Gasteiger charge is -2.32. The molecule has 0 saturated carbocycles. The molecule has 0 bridgehead atoms. The molecular weight excluding hydrogens is 248 g/mol. The third kappa shape index (κ3) is 3.40. The van der Waals surface area contributed by atoms with Gasteiger partial charge in [-0.2, -0.15) is 0 Å². The smallest absolute Gasteiger partial charge is 0.233 e. The van der Waals surface area contributed by atoms with E-state index in [1.54, 1.807) is 12.1 Å². The fourth-order valence-electron chi connectivity index (χ4n) is 1.87. The van der Waals surface area contributed by atoms with Crippen LogP contribution in [-0.2, 0) is 4.79 Å². The van der Waals surface area contributed by atoms with Crippen molar-refractivity contribution in [1.82, 2.24) is 9.80 Å². The molecule has 1 N–H and O–H groups in total. The lowest BCUT2D eigenvalue weighted by Crippen LogP contribution is -2.47. The molecule has 0 aromatic heterocycles. The van der Waals surface area contributed by atoms with Crippen molar-refractivity contribution in [1.29, 1.82) is 0 Å². The predicted molar refractivity (Wildman–Crippen MR) is 72.9 cm³/mol. The Morgan fingerprint density at radius 2 is 1.94 bits per heavy atom. The highest BCUT2D eigenvalue weighted by molar-refractivity contribution is 8.00. The number of para-hydroxylation sites is 1. The minimum absolute atomic E-state index is 0.149. The second kappa shape index (κ2) is 6.11.